The van der Waals surface area contributed by atoms with E-state index in [-0.39, 0.29) is 35.3 Å². The normalized spacial score (nSPS) is 31.4. The third-order valence-corrected chi connectivity index (χ3v) is 6.54. The number of fused-ring (bicyclic) bond motifs is 1. The molecule has 1 aliphatic heterocycles. The fraction of sp³-hybridized carbons (Fsp3) is 0.696. The summed E-state index contributed by atoms with van der Waals surface area (Å²) < 4.78 is 42.9. The van der Waals surface area contributed by atoms with Crippen molar-refractivity contribution in [3.8, 4) is 11.5 Å². The van der Waals surface area contributed by atoms with Gasteiger partial charge in [-0.15, -0.1) is 0 Å². The summed E-state index contributed by atoms with van der Waals surface area (Å²) in [6.45, 7) is 5.02. The molecular formula is C23H33F2NO4. The van der Waals surface area contributed by atoms with E-state index >= 15 is 0 Å². The van der Waals surface area contributed by atoms with E-state index in [0.29, 0.717) is 17.9 Å². The minimum absolute atomic E-state index is 0.000144. The highest BCUT2D eigenvalue weighted by molar-refractivity contribution is 5.78. The van der Waals surface area contributed by atoms with Crippen LogP contribution < -0.4 is 14.8 Å². The van der Waals surface area contributed by atoms with E-state index in [1.807, 2.05) is 13.8 Å². The third-order valence-electron chi connectivity index (χ3n) is 6.54. The van der Waals surface area contributed by atoms with Crippen LogP contribution in [0.3, 0.4) is 0 Å². The Bertz CT molecular complexity index is 757. The minimum atomic E-state index is -2.97. The van der Waals surface area contributed by atoms with Crippen molar-refractivity contribution in [1.29, 1.82) is 0 Å². The van der Waals surface area contributed by atoms with Crippen molar-refractivity contribution >= 4 is 5.91 Å². The van der Waals surface area contributed by atoms with Gasteiger partial charge in [-0.2, -0.15) is 8.78 Å². The first-order chi connectivity index (χ1) is 14.1. The number of hydrogen-bond acceptors (Lipinski definition) is 4. The topological polar surface area (TPSA) is 56.8 Å². The molecule has 1 aromatic carbocycles. The van der Waals surface area contributed by atoms with Crippen molar-refractivity contribution in [2.24, 2.45) is 17.8 Å². The molecule has 1 N–H and O–H groups in total. The number of rotatable bonds is 6. The first kappa shape index (κ1) is 22.8. The number of carbonyl (C=O) groups is 1. The summed E-state index contributed by atoms with van der Waals surface area (Å²) in [5.41, 5.74) is 0.0246. The summed E-state index contributed by atoms with van der Waals surface area (Å²) in [6.07, 6.45) is 2.86. The maximum absolute atomic E-state index is 13.1. The maximum Gasteiger partial charge on any atom is 0.387 e. The first-order valence-corrected chi connectivity index (χ1v) is 10.7. The Hall–Kier alpha value is -1.89. The molecule has 1 aromatic rings. The lowest BCUT2D eigenvalue weighted by Crippen LogP contribution is -2.61. The molecule has 0 radical (unpaired) electrons. The zero-order valence-corrected chi connectivity index (χ0v) is 18.4. The van der Waals surface area contributed by atoms with E-state index in [2.05, 4.69) is 19.2 Å². The highest BCUT2D eigenvalue weighted by atomic mass is 19.3. The molecular weight excluding hydrogens is 392 g/mol. The van der Waals surface area contributed by atoms with Gasteiger partial charge in [0.05, 0.1) is 19.3 Å². The first-order valence-electron chi connectivity index (χ1n) is 10.7. The largest absolute Gasteiger partial charge is 0.493 e. The Balaban J connectivity index is 1.99. The van der Waals surface area contributed by atoms with Crippen LogP contribution in [0.2, 0.25) is 0 Å². The minimum Gasteiger partial charge on any atom is -0.493 e. The fourth-order valence-electron chi connectivity index (χ4n) is 4.92. The van der Waals surface area contributed by atoms with Gasteiger partial charge in [-0.3, -0.25) is 4.79 Å². The molecule has 0 spiro atoms. The van der Waals surface area contributed by atoms with E-state index in [4.69, 9.17) is 14.2 Å². The summed E-state index contributed by atoms with van der Waals surface area (Å²) in [5.74, 6) is 0.780. The molecule has 0 unspecified atom stereocenters. The summed E-state index contributed by atoms with van der Waals surface area (Å²) in [6, 6.07) is 5.08. The van der Waals surface area contributed by atoms with Crippen LogP contribution in [0, 0.1) is 17.8 Å². The van der Waals surface area contributed by atoms with Gasteiger partial charge in [0.15, 0.2) is 11.5 Å². The van der Waals surface area contributed by atoms with Crippen LogP contribution in [0.4, 0.5) is 8.78 Å². The number of alkyl halides is 2. The van der Waals surface area contributed by atoms with Gasteiger partial charge in [0.25, 0.3) is 0 Å². The Labute approximate surface area is 177 Å². The van der Waals surface area contributed by atoms with E-state index in [0.717, 1.165) is 19.3 Å². The average Bonchev–Trinajstić information content (AvgIpc) is 2.66. The fourth-order valence-corrected chi connectivity index (χ4v) is 4.92. The number of halogens is 2. The zero-order valence-electron chi connectivity index (χ0n) is 18.4. The molecule has 1 heterocycles. The van der Waals surface area contributed by atoms with Gasteiger partial charge in [-0.25, -0.2) is 0 Å². The predicted octanol–water partition coefficient (Wildman–Crippen LogP) is 5.09. The Morgan fingerprint density at radius 2 is 2.03 bits per heavy atom. The Morgan fingerprint density at radius 3 is 2.67 bits per heavy atom. The van der Waals surface area contributed by atoms with E-state index in [1.165, 1.54) is 7.11 Å². The third kappa shape index (κ3) is 4.71. The molecule has 3 rings (SSSR count). The van der Waals surface area contributed by atoms with Crippen molar-refractivity contribution in [2.45, 2.75) is 77.7 Å². The van der Waals surface area contributed by atoms with Crippen LogP contribution in [0.15, 0.2) is 18.2 Å². The summed E-state index contributed by atoms with van der Waals surface area (Å²) in [4.78, 5) is 12.6. The van der Waals surface area contributed by atoms with Gasteiger partial charge in [-0.05, 0) is 31.7 Å². The highest BCUT2D eigenvalue weighted by Gasteiger charge is 2.50. The molecule has 2 aliphatic rings. The molecule has 1 amide bonds. The van der Waals surface area contributed by atoms with Crippen molar-refractivity contribution in [1.82, 2.24) is 5.32 Å². The quantitative estimate of drug-likeness (QED) is 0.689. The van der Waals surface area contributed by atoms with Gasteiger partial charge < -0.3 is 19.5 Å². The maximum atomic E-state index is 13.1. The molecule has 1 saturated heterocycles. The smallest absolute Gasteiger partial charge is 0.387 e. The number of para-hydroxylation sites is 1. The monoisotopic (exact) mass is 425 g/mol. The van der Waals surface area contributed by atoms with E-state index in [1.54, 1.807) is 18.2 Å². The second-order valence-corrected chi connectivity index (χ2v) is 9.21. The van der Waals surface area contributed by atoms with Gasteiger partial charge in [0.2, 0.25) is 5.91 Å². The average molecular weight is 426 g/mol. The number of ether oxygens (including phenoxy) is 3. The van der Waals surface area contributed by atoms with Gasteiger partial charge in [0.1, 0.15) is 0 Å². The second-order valence-electron chi connectivity index (χ2n) is 9.21. The molecule has 2 fully saturated rings. The summed E-state index contributed by atoms with van der Waals surface area (Å²) >= 11 is 0. The van der Waals surface area contributed by atoms with Crippen LogP contribution in [-0.2, 0) is 9.53 Å². The number of hydrogen-bond donors (Lipinski definition) is 1. The van der Waals surface area contributed by atoms with Gasteiger partial charge in [0, 0.05) is 29.4 Å². The molecule has 5 atom stereocenters. The highest BCUT2D eigenvalue weighted by Crippen LogP contribution is 2.50. The Kier molecular flexibility index (Phi) is 6.90. The predicted molar refractivity (Wildman–Crippen MR) is 110 cm³/mol. The standard InChI is InChI=1S/C23H33F2NO4/c1-13(2)21(27)26-23(4)12-19(29-18-11-14(3)9-10-16(18)23)15-7-6-8-17(28-5)20(15)30-22(24)25/h6-8,13-14,16,18-19,22H,9-12H2,1-5H3,(H,26,27)/t14-,16-,18-,19-,23-/m1/s1. The summed E-state index contributed by atoms with van der Waals surface area (Å²) in [5, 5.41) is 3.26. The van der Waals surface area contributed by atoms with Crippen LogP contribution in [-0.4, -0.2) is 31.3 Å². The van der Waals surface area contributed by atoms with Crippen LogP contribution in [0.5, 0.6) is 11.5 Å². The lowest BCUT2D eigenvalue weighted by atomic mass is 9.66. The number of nitrogens with one attached hydrogen (secondary N) is 1. The van der Waals surface area contributed by atoms with Gasteiger partial charge >= 0.3 is 6.61 Å². The lowest BCUT2D eigenvalue weighted by molar-refractivity contribution is -0.155. The lowest BCUT2D eigenvalue weighted by Gasteiger charge is -2.52. The van der Waals surface area contributed by atoms with Gasteiger partial charge in [-0.1, -0.05) is 39.3 Å². The molecule has 0 bridgehead atoms. The van der Waals surface area contributed by atoms with Crippen LogP contribution >= 0.6 is 0 Å². The van der Waals surface area contributed by atoms with Crippen molar-refractivity contribution in [3.05, 3.63) is 23.8 Å². The molecule has 5 nitrogen and oxygen atoms in total. The Morgan fingerprint density at radius 1 is 1.30 bits per heavy atom. The molecule has 7 heteroatoms. The van der Waals surface area contributed by atoms with E-state index < -0.39 is 18.3 Å². The molecule has 1 saturated carbocycles. The van der Waals surface area contributed by atoms with Crippen molar-refractivity contribution in [2.75, 3.05) is 7.11 Å². The summed E-state index contributed by atoms with van der Waals surface area (Å²) in [7, 11) is 1.42. The number of methoxy groups -OCH3 is 1. The second kappa shape index (κ2) is 9.08. The SMILES string of the molecule is COc1cccc([C@H]2C[C@@](C)(NC(=O)C(C)C)[C@@H]3CC[C@@H](C)C[C@H]3O2)c1OC(F)F. The van der Waals surface area contributed by atoms with Crippen molar-refractivity contribution in [3.63, 3.8) is 0 Å². The number of amides is 1. The van der Waals surface area contributed by atoms with E-state index in [9.17, 15) is 13.6 Å². The molecule has 0 aromatic heterocycles. The molecule has 168 valence electrons. The van der Waals surface area contributed by atoms with Crippen molar-refractivity contribution < 1.29 is 27.8 Å². The number of benzene rings is 1. The zero-order chi connectivity index (χ0) is 22.1. The molecule has 30 heavy (non-hydrogen) atoms. The van der Waals surface area contributed by atoms with Crippen LogP contribution in [0.25, 0.3) is 0 Å². The molecule has 1 aliphatic carbocycles. The van der Waals surface area contributed by atoms with Crippen LogP contribution in [0.1, 0.15) is 65.0 Å². The number of carbonyl (C=O) groups excluding carboxylic acids is 1.